The van der Waals surface area contributed by atoms with Crippen LogP contribution in [0, 0.1) is 0 Å². The first-order valence-corrected chi connectivity index (χ1v) is 7.20. The number of fused-ring (bicyclic) bond motifs is 1. The Morgan fingerprint density at radius 3 is 2.52 bits per heavy atom. The fraction of sp³-hybridized carbons (Fsp3) is 0.333. The van der Waals surface area contributed by atoms with Crippen LogP contribution in [0.25, 0.3) is 22.6 Å². The van der Waals surface area contributed by atoms with Gasteiger partial charge in [0.15, 0.2) is 0 Å². The van der Waals surface area contributed by atoms with Crippen LogP contribution in [0.2, 0.25) is 0 Å². The topological polar surface area (TPSA) is 45.2 Å². The van der Waals surface area contributed by atoms with Crippen molar-refractivity contribution < 1.29 is 9.84 Å². The minimum Gasteiger partial charge on any atom is -0.497 e. The normalized spacial score (nSPS) is 11.0. The molecule has 0 fully saturated rings. The molecule has 0 amide bonds. The summed E-state index contributed by atoms with van der Waals surface area (Å²) >= 11 is 0. The first-order valence-electron chi connectivity index (χ1n) is 7.20. The van der Waals surface area contributed by atoms with Crippen molar-refractivity contribution in [2.24, 2.45) is 0 Å². The lowest BCUT2D eigenvalue weighted by atomic mass is 10.0. The standard InChI is InChI=1S/C16H19NO2.C2H6/c1-10(2)16-14(7-11(3)9-18)13-6-5-12(19-4)8-15(13)17-16;1-2/h5-8,17-18H,1,9H2,2-4H3;1-2H3/b11-7+;. The van der Waals surface area contributed by atoms with Crippen molar-refractivity contribution in [1.29, 1.82) is 0 Å². The Hall–Kier alpha value is -2.00. The van der Waals surface area contributed by atoms with Gasteiger partial charge in [0, 0.05) is 22.7 Å². The summed E-state index contributed by atoms with van der Waals surface area (Å²) < 4.78 is 5.24. The monoisotopic (exact) mass is 287 g/mol. The maximum atomic E-state index is 9.20. The van der Waals surface area contributed by atoms with E-state index < -0.39 is 0 Å². The number of hydrogen-bond donors (Lipinski definition) is 2. The van der Waals surface area contributed by atoms with Gasteiger partial charge in [-0.2, -0.15) is 0 Å². The summed E-state index contributed by atoms with van der Waals surface area (Å²) in [5, 5.41) is 10.3. The quantitative estimate of drug-likeness (QED) is 0.861. The van der Waals surface area contributed by atoms with Crippen LogP contribution in [0.3, 0.4) is 0 Å². The van der Waals surface area contributed by atoms with E-state index in [1.165, 1.54) is 0 Å². The Balaban J connectivity index is 0.00000106. The van der Waals surface area contributed by atoms with Crippen LogP contribution in [0.15, 0.2) is 30.4 Å². The lowest BCUT2D eigenvalue weighted by molar-refractivity contribution is 0.332. The highest BCUT2D eigenvalue weighted by molar-refractivity contribution is 5.95. The Labute approximate surface area is 127 Å². The zero-order chi connectivity index (χ0) is 16.0. The maximum Gasteiger partial charge on any atom is 0.120 e. The van der Waals surface area contributed by atoms with Crippen molar-refractivity contribution in [2.75, 3.05) is 13.7 Å². The van der Waals surface area contributed by atoms with Gasteiger partial charge in [0.25, 0.3) is 0 Å². The number of hydrogen-bond acceptors (Lipinski definition) is 2. The van der Waals surface area contributed by atoms with Gasteiger partial charge < -0.3 is 14.8 Å². The van der Waals surface area contributed by atoms with E-state index in [0.717, 1.165) is 39.1 Å². The molecular formula is C18H25NO2. The molecule has 0 atom stereocenters. The average molecular weight is 287 g/mol. The van der Waals surface area contributed by atoms with E-state index in [2.05, 4.69) is 11.6 Å². The summed E-state index contributed by atoms with van der Waals surface area (Å²) in [6.07, 6.45) is 2.00. The van der Waals surface area contributed by atoms with Gasteiger partial charge in [0.2, 0.25) is 0 Å². The SMILES string of the molecule is C=C(C)c1[nH]c2cc(OC)ccc2c1/C=C(\C)CO.CC. The Morgan fingerprint density at radius 1 is 1.33 bits per heavy atom. The van der Waals surface area contributed by atoms with E-state index in [9.17, 15) is 5.11 Å². The summed E-state index contributed by atoms with van der Waals surface area (Å²) in [6.45, 7) is 11.9. The molecule has 0 aliphatic heterocycles. The minimum absolute atomic E-state index is 0.0540. The van der Waals surface area contributed by atoms with Gasteiger partial charge >= 0.3 is 0 Å². The summed E-state index contributed by atoms with van der Waals surface area (Å²) in [7, 11) is 1.65. The number of aliphatic hydroxyl groups is 1. The molecule has 3 nitrogen and oxygen atoms in total. The molecule has 1 aromatic carbocycles. The van der Waals surface area contributed by atoms with Crippen molar-refractivity contribution in [3.8, 4) is 5.75 Å². The third-order valence-electron chi connectivity index (χ3n) is 3.11. The second kappa shape index (κ2) is 7.70. The highest BCUT2D eigenvalue weighted by Gasteiger charge is 2.11. The fourth-order valence-corrected chi connectivity index (χ4v) is 2.10. The zero-order valence-corrected chi connectivity index (χ0v) is 13.6. The maximum absolute atomic E-state index is 9.20. The smallest absolute Gasteiger partial charge is 0.120 e. The second-order valence-electron chi connectivity index (χ2n) is 4.75. The van der Waals surface area contributed by atoms with Crippen LogP contribution in [0.1, 0.15) is 39.0 Å². The third-order valence-corrected chi connectivity index (χ3v) is 3.11. The number of H-pyrrole nitrogens is 1. The van der Waals surface area contributed by atoms with Crippen LogP contribution in [0.5, 0.6) is 5.75 Å². The highest BCUT2D eigenvalue weighted by Crippen LogP contribution is 2.30. The largest absolute Gasteiger partial charge is 0.497 e. The number of methoxy groups -OCH3 is 1. The number of aromatic amines is 1. The van der Waals surface area contributed by atoms with Crippen LogP contribution in [-0.2, 0) is 0 Å². The zero-order valence-electron chi connectivity index (χ0n) is 13.6. The fourth-order valence-electron chi connectivity index (χ4n) is 2.10. The van der Waals surface area contributed by atoms with Gasteiger partial charge in [-0.15, -0.1) is 0 Å². The Kier molecular flexibility index (Phi) is 6.25. The summed E-state index contributed by atoms with van der Waals surface area (Å²) in [5.74, 6) is 0.816. The predicted molar refractivity (Wildman–Crippen MR) is 91.6 cm³/mol. The minimum atomic E-state index is 0.0540. The first-order chi connectivity index (χ1) is 10.1. The first kappa shape index (κ1) is 17.1. The number of rotatable bonds is 4. The lowest BCUT2D eigenvalue weighted by Crippen LogP contribution is -1.86. The van der Waals surface area contributed by atoms with E-state index >= 15 is 0 Å². The molecule has 0 bridgehead atoms. The summed E-state index contributed by atoms with van der Waals surface area (Å²) in [5.41, 5.74) is 4.95. The van der Waals surface area contributed by atoms with E-state index in [4.69, 9.17) is 4.74 Å². The molecular weight excluding hydrogens is 262 g/mol. The molecule has 2 N–H and O–H groups in total. The second-order valence-corrected chi connectivity index (χ2v) is 4.75. The molecule has 2 rings (SSSR count). The van der Waals surface area contributed by atoms with Crippen LogP contribution < -0.4 is 4.74 Å². The molecule has 1 aromatic heterocycles. The van der Waals surface area contributed by atoms with Gasteiger partial charge in [-0.05, 0) is 37.1 Å². The molecule has 0 aliphatic rings. The molecule has 3 heteroatoms. The summed E-state index contributed by atoms with van der Waals surface area (Å²) in [6, 6.07) is 5.92. The average Bonchev–Trinajstić information content (AvgIpc) is 2.87. The molecule has 0 saturated heterocycles. The number of nitrogens with one attached hydrogen (secondary N) is 1. The number of ether oxygens (including phenoxy) is 1. The molecule has 0 saturated carbocycles. The Bertz CT molecular complexity index is 651. The van der Waals surface area contributed by atoms with E-state index in [1.54, 1.807) is 7.11 Å². The number of aliphatic hydroxyl groups excluding tert-OH is 1. The highest BCUT2D eigenvalue weighted by atomic mass is 16.5. The van der Waals surface area contributed by atoms with Crippen LogP contribution >= 0.6 is 0 Å². The molecule has 21 heavy (non-hydrogen) atoms. The van der Waals surface area contributed by atoms with Crippen molar-refractivity contribution in [3.63, 3.8) is 0 Å². The lowest BCUT2D eigenvalue weighted by Gasteiger charge is -2.01. The van der Waals surface area contributed by atoms with Crippen LogP contribution in [0.4, 0.5) is 0 Å². The molecule has 0 spiro atoms. The van der Waals surface area contributed by atoms with Crippen molar-refractivity contribution in [3.05, 3.63) is 41.6 Å². The van der Waals surface area contributed by atoms with E-state index in [-0.39, 0.29) is 6.61 Å². The van der Waals surface area contributed by atoms with Gasteiger partial charge in [-0.25, -0.2) is 0 Å². The van der Waals surface area contributed by atoms with E-state index in [0.29, 0.717) is 0 Å². The Morgan fingerprint density at radius 2 is 2.00 bits per heavy atom. The van der Waals surface area contributed by atoms with Crippen molar-refractivity contribution >= 4 is 22.6 Å². The van der Waals surface area contributed by atoms with E-state index in [1.807, 2.05) is 52.0 Å². The molecule has 114 valence electrons. The van der Waals surface area contributed by atoms with Gasteiger partial charge in [-0.1, -0.05) is 26.5 Å². The van der Waals surface area contributed by atoms with Gasteiger partial charge in [0.05, 0.1) is 19.2 Å². The molecule has 0 aliphatic carbocycles. The number of allylic oxidation sites excluding steroid dienone is 1. The number of benzene rings is 1. The van der Waals surface area contributed by atoms with Crippen LogP contribution in [-0.4, -0.2) is 23.8 Å². The molecule has 0 unspecified atom stereocenters. The number of aromatic nitrogens is 1. The van der Waals surface area contributed by atoms with Crippen molar-refractivity contribution in [2.45, 2.75) is 27.7 Å². The molecule has 1 heterocycles. The molecule has 2 aromatic rings. The van der Waals surface area contributed by atoms with Crippen molar-refractivity contribution in [1.82, 2.24) is 4.98 Å². The summed E-state index contributed by atoms with van der Waals surface area (Å²) in [4.78, 5) is 3.36. The predicted octanol–water partition coefficient (Wildman–Crippen LogP) is 4.63. The van der Waals surface area contributed by atoms with Gasteiger partial charge in [0.1, 0.15) is 5.75 Å². The van der Waals surface area contributed by atoms with Gasteiger partial charge in [-0.3, -0.25) is 0 Å². The molecule has 0 radical (unpaired) electrons. The third kappa shape index (κ3) is 3.76.